The number of hydrogen-bond donors (Lipinski definition) is 4. The van der Waals surface area contributed by atoms with E-state index < -0.39 is 59.8 Å². The second-order valence-electron chi connectivity index (χ2n) is 18.1. The van der Waals surface area contributed by atoms with Gasteiger partial charge in [0.05, 0.1) is 19.8 Å². The van der Waals surface area contributed by atoms with Crippen LogP contribution in [0.5, 0.6) is 0 Å². The Balaban J connectivity index is 2.36. The van der Waals surface area contributed by atoms with E-state index in [4.69, 9.17) is 18.9 Å². The van der Waals surface area contributed by atoms with Gasteiger partial charge in [0.2, 0.25) is 0 Å². The molecular formula is C56H96O12S. The van der Waals surface area contributed by atoms with Crippen molar-refractivity contribution in [2.45, 2.75) is 237 Å². The van der Waals surface area contributed by atoms with Crippen molar-refractivity contribution in [2.75, 3.05) is 26.4 Å². The summed E-state index contributed by atoms with van der Waals surface area (Å²) >= 11 is 0. The Morgan fingerprint density at radius 2 is 1.00 bits per heavy atom. The normalized spacial score (nSPS) is 19.9. The number of carbonyl (C=O) groups excluding carboxylic acids is 1. The molecule has 0 aliphatic carbocycles. The van der Waals surface area contributed by atoms with Crippen LogP contribution in [0.4, 0.5) is 0 Å². The van der Waals surface area contributed by atoms with Gasteiger partial charge in [0.25, 0.3) is 0 Å². The van der Waals surface area contributed by atoms with Crippen molar-refractivity contribution in [1.82, 2.24) is 0 Å². The van der Waals surface area contributed by atoms with Crippen molar-refractivity contribution in [3.8, 4) is 0 Å². The second-order valence-corrected chi connectivity index (χ2v) is 19.1. The van der Waals surface area contributed by atoms with Crippen LogP contribution in [-0.2, 0) is 38.3 Å². The average molecular weight is 993 g/mol. The Hall–Kier alpha value is -2.72. The van der Waals surface area contributed by atoms with Gasteiger partial charge in [0.1, 0.15) is 30.5 Å². The molecule has 0 amide bonds. The topological polar surface area (TPSA) is 178 Å². The van der Waals surface area contributed by atoms with Crippen LogP contribution in [0.1, 0.15) is 200 Å². The number of hydrogen-bond acceptors (Lipinski definition) is 11. The van der Waals surface area contributed by atoms with Gasteiger partial charge in [-0.25, -0.2) is 4.18 Å². The van der Waals surface area contributed by atoms with Crippen LogP contribution in [0.25, 0.3) is 0 Å². The number of carbonyl (C=O) groups is 1. The summed E-state index contributed by atoms with van der Waals surface area (Å²) in [7, 11) is -5.07. The minimum atomic E-state index is -5.07. The minimum absolute atomic E-state index is 0.0213. The number of ether oxygens (including phenoxy) is 4. The van der Waals surface area contributed by atoms with Crippen LogP contribution in [0, 0.1) is 0 Å². The highest BCUT2D eigenvalue weighted by Crippen LogP contribution is 2.26. The minimum Gasteiger partial charge on any atom is -0.457 e. The van der Waals surface area contributed by atoms with Gasteiger partial charge < -0.3 is 34.3 Å². The van der Waals surface area contributed by atoms with Crippen molar-refractivity contribution in [2.24, 2.45) is 0 Å². The van der Waals surface area contributed by atoms with E-state index in [1.165, 1.54) is 70.6 Å². The first-order valence-corrected chi connectivity index (χ1v) is 28.2. The van der Waals surface area contributed by atoms with E-state index >= 15 is 0 Å². The Bertz CT molecular complexity index is 1520. The molecule has 1 aliphatic rings. The molecule has 0 aromatic rings. The van der Waals surface area contributed by atoms with Crippen molar-refractivity contribution in [3.05, 3.63) is 85.1 Å². The summed E-state index contributed by atoms with van der Waals surface area (Å²) in [6.07, 6.45) is 53.2. The predicted molar refractivity (Wildman–Crippen MR) is 280 cm³/mol. The van der Waals surface area contributed by atoms with Gasteiger partial charge in [0, 0.05) is 13.0 Å². The van der Waals surface area contributed by atoms with Gasteiger partial charge in [-0.2, -0.15) is 8.42 Å². The first kappa shape index (κ1) is 64.3. The maximum absolute atomic E-state index is 12.9. The maximum atomic E-state index is 12.9. The van der Waals surface area contributed by atoms with Gasteiger partial charge in [-0.3, -0.25) is 9.35 Å². The third-order valence-electron chi connectivity index (χ3n) is 11.8. The summed E-state index contributed by atoms with van der Waals surface area (Å²) < 4.78 is 59.3. The van der Waals surface area contributed by atoms with Crippen LogP contribution in [0.15, 0.2) is 85.1 Å². The molecule has 4 N–H and O–H groups in total. The van der Waals surface area contributed by atoms with Crippen LogP contribution in [0.2, 0.25) is 0 Å². The maximum Gasteiger partial charge on any atom is 0.397 e. The summed E-state index contributed by atoms with van der Waals surface area (Å²) in [5.41, 5.74) is 0. The van der Waals surface area contributed by atoms with Crippen LogP contribution >= 0.6 is 0 Å². The Labute approximate surface area is 419 Å². The zero-order valence-corrected chi connectivity index (χ0v) is 43.7. The highest BCUT2D eigenvalue weighted by molar-refractivity contribution is 7.80. The lowest BCUT2D eigenvalue weighted by Crippen LogP contribution is -2.60. The van der Waals surface area contributed by atoms with Crippen LogP contribution < -0.4 is 0 Å². The number of unbranched alkanes of at least 4 members (excludes halogenated alkanes) is 19. The van der Waals surface area contributed by atoms with Gasteiger partial charge in [-0.05, 0) is 89.9 Å². The fourth-order valence-electron chi connectivity index (χ4n) is 7.73. The lowest BCUT2D eigenvalue weighted by molar-refractivity contribution is -0.301. The summed E-state index contributed by atoms with van der Waals surface area (Å²) in [6, 6.07) is 0. The van der Waals surface area contributed by atoms with Gasteiger partial charge in [-0.1, -0.05) is 189 Å². The quantitative estimate of drug-likeness (QED) is 0.0197. The number of allylic oxidation sites excluding steroid dienone is 14. The fraction of sp³-hybridized carbons (Fsp3) is 0.732. The third-order valence-corrected chi connectivity index (χ3v) is 12.2. The van der Waals surface area contributed by atoms with E-state index in [9.17, 15) is 33.1 Å². The molecule has 0 saturated carbocycles. The standard InChI is InChI=1S/C56H96O12S/c1-3-5-7-9-11-13-15-17-19-21-22-23-24-25-26-27-28-29-31-33-35-37-39-41-43-45-52(58)66-50(49-65-56-54(60)55(68-69(61,62)63)53(59)51(47-57)67-56)48-64-46-44-42-40-38-36-34-32-30-20-18-16-14-12-10-8-6-4-2/h5,7,11,13,17,19-20,22-23,25-26,28-30,50-51,53-57,59-60H,3-4,6,8-10,12,14-16,18,21,24,27,31-49H2,1-2H3,(H,61,62,63)/b7-5-,13-11-,19-17-,23-22-,26-25-,29-28-,30-20-. The van der Waals surface area contributed by atoms with Crippen molar-refractivity contribution >= 4 is 16.4 Å². The van der Waals surface area contributed by atoms with E-state index in [1.54, 1.807) is 0 Å². The lowest BCUT2D eigenvalue weighted by Gasteiger charge is -2.41. The Morgan fingerprint density at radius 3 is 1.48 bits per heavy atom. The SMILES string of the molecule is CC/C=C\C/C=C\C/C=C\C/C=C\C/C=C\C/C=C\CCCCCCCCC(=O)OC(COCCCCCCCC/C=C\CCCCCCCCC)COC1OC(CO)C(O)C(OS(=O)(=O)O)C1O. The van der Waals surface area contributed by atoms with E-state index in [0.29, 0.717) is 13.0 Å². The molecule has 1 rings (SSSR count). The first-order valence-electron chi connectivity index (χ1n) is 26.8. The van der Waals surface area contributed by atoms with E-state index in [1.807, 2.05) is 0 Å². The monoisotopic (exact) mass is 993 g/mol. The molecule has 69 heavy (non-hydrogen) atoms. The second kappa shape index (κ2) is 46.4. The van der Waals surface area contributed by atoms with Gasteiger partial charge in [0.15, 0.2) is 6.29 Å². The van der Waals surface area contributed by atoms with Gasteiger partial charge in [-0.15, -0.1) is 0 Å². The zero-order valence-electron chi connectivity index (χ0n) is 42.8. The molecular weight excluding hydrogens is 897 g/mol. The summed E-state index contributed by atoms with van der Waals surface area (Å²) in [4.78, 5) is 12.9. The molecule has 398 valence electrons. The molecule has 0 bridgehead atoms. The molecule has 6 atom stereocenters. The molecule has 1 heterocycles. The molecule has 1 aliphatic heterocycles. The van der Waals surface area contributed by atoms with E-state index in [0.717, 1.165) is 103 Å². The largest absolute Gasteiger partial charge is 0.457 e. The summed E-state index contributed by atoms with van der Waals surface area (Å²) in [5, 5.41) is 30.8. The average Bonchev–Trinajstić information content (AvgIpc) is 3.32. The zero-order chi connectivity index (χ0) is 50.3. The molecule has 12 nitrogen and oxygen atoms in total. The van der Waals surface area contributed by atoms with Crippen molar-refractivity contribution in [1.29, 1.82) is 0 Å². The molecule has 0 radical (unpaired) electrons. The first-order chi connectivity index (χ1) is 33.6. The molecule has 0 aromatic carbocycles. The van der Waals surface area contributed by atoms with E-state index in [-0.39, 0.29) is 19.6 Å². The molecule has 0 spiro atoms. The third kappa shape index (κ3) is 39.6. The highest BCUT2D eigenvalue weighted by atomic mass is 32.3. The summed E-state index contributed by atoms with van der Waals surface area (Å²) in [6.45, 7) is 3.85. The smallest absolute Gasteiger partial charge is 0.397 e. The van der Waals surface area contributed by atoms with Crippen LogP contribution in [0.3, 0.4) is 0 Å². The summed E-state index contributed by atoms with van der Waals surface area (Å²) in [5.74, 6) is -0.418. The molecule has 1 fully saturated rings. The van der Waals surface area contributed by atoms with E-state index in [2.05, 4.69) is 103 Å². The number of aliphatic hydroxyl groups excluding tert-OH is 3. The molecule has 6 unspecified atom stereocenters. The fourth-order valence-corrected chi connectivity index (χ4v) is 8.24. The number of rotatable bonds is 46. The van der Waals surface area contributed by atoms with Crippen LogP contribution in [-0.4, -0.2) is 97.5 Å². The van der Waals surface area contributed by atoms with Crippen molar-refractivity contribution in [3.63, 3.8) is 0 Å². The van der Waals surface area contributed by atoms with Gasteiger partial charge >= 0.3 is 16.4 Å². The highest BCUT2D eigenvalue weighted by Gasteiger charge is 2.48. The number of aliphatic hydroxyl groups is 3. The molecule has 0 aromatic heterocycles. The Morgan fingerprint density at radius 1 is 0.565 bits per heavy atom. The molecule has 1 saturated heterocycles. The Kier molecular flexibility index (Phi) is 43.2. The lowest BCUT2D eigenvalue weighted by atomic mass is 9.99. The molecule has 13 heteroatoms. The van der Waals surface area contributed by atoms with Crippen molar-refractivity contribution < 1.29 is 56.2 Å². The number of esters is 1. The predicted octanol–water partition coefficient (Wildman–Crippen LogP) is 12.8.